The van der Waals surface area contributed by atoms with Gasteiger partial charge in [-0.05, 0) is 42.9 Å². The third-order valence-electron chi connectivity index (χ3n) is 7.67. The number of carbonyl (C=O) groups is 2. The van der Waals surface area contributed by atoms with E-state index in [9.17, 15) is 14.7 Å². The van der Waals surface area contributed by atoms with Crippen LogP contribution in [0.15, 0.2) is 72.4 Å². The fourth-order valence-corrected chi connectivity index (χ4v) is 5.57. The molecule has 0 spiro atoms. The van der Waals surface area contributed by atoms with Crippen LogP contribution in [-0.2, 0) is 12.0 Å². The molecule has 0 unspecified atom stereocenters. The lowest BCUT2D eigenvalue weighted by molar-refractivity contribution is 0.0990. The third kappa shape index (κ3) is 4.52. The Morgan fingerprint density at radius 1 is 1.00 bits per heavy atom. The maximum absolute atomic E-state index is 13.7. The molecule has 2 aliphatic carbocycles. The number of carbonyl (C=O) groups excluding carboxylic acids is 1. The van der Waals surface area contributed by atoms with E-state index in [1.54, 1.807) is 0 Å². The minimum absolute atomic E-state index is 0.0261. The second kappa shape index (κ2) is 9.18. The maximum atomic E-state index is 13.7. The van der Waals surface area contributed by atoms with Gasteiger partial charge in [0.25, 0.3) is 0 Å². The van der Waals surface area contributed by atoms with Crippen molar-refractivity contribution in [3.05, 3.63) is 89.3 Å². The number of fused-ring (bicyclic) bond motifs is 1. The lowest BCUT2D eigenvalue weighted by Gasteiger charge is -2.42. The molecule has 190 valence electrons. The summed E-state index contributed by atoms with van der Waals surface area (Å²) in [5, 5.41) is 12.1. The Balaban J connectivity index is 1.63. The van der Waals surface area contributed by atoms with Gasteiger partial charge in [0, 0.05) is 48.0 Å². The molecule has 0 radical (unpaired) electrons. The van der Waals surface area contributed by atoms with Gasteiger partial charge in [0.1, 0.15) is 0 Å². The van der Waals surface area contributed by atoms with Crippen molar-refractivity contribution in [3.8, 4) is 22.4 Å². The van der Waals surface area contributed by atoms with Crippen LogP contribution in [0.25, 0.3) is 22.4 Å². The zero-order chi connectivity index (χ0) is 26.4. The van der Waals surface area contributed by atoms with Crippen LogP contribution < -0.4 is 5.32 Å². The molecule has 2 aliphatic rings. The number of Topliss-reactive ketones (excluding diaryl/α,β-unsaturated/α-hetero) is 1. The standard InChI is InChI=1S/C31H33N3O3/c1-30(2)18-26-24(28(35)25(30)19-34(3)4)17-23(20-9-6-5-7-10-20)27(32-26)21-11-13-22(14-12-21)31(15-8-16-31)33-29(36)37/h5-7,9-14,17,19,33H,8,15-16,18H2,1-4H3,(H,36,37)/b25-19-. The van der Waals surface area contributed by atoms with Gasteiger partial charge in [0.2, 0.25) is 0 Å². The summed E-state index contributed by atoms with van der Waals surface area (Å²) in [6.07, 6.45) is 4.19. The van der Waals surface area contributed by atoms with Gasteiger partial charge in [-0.3, -0.25) is 9.78 Å². The summed E-state index contributed by atoms with van der Waals surface area (Å²) >= 11 is 0. The van der Waals surface area contributed by atoms with Crippen LogP contribution in [-0.4, -0.2) is 41.0 Å². The van der Waals surface area contributed by atoms with Gasteiger partial charge >= 0.3 is 6.09 Å². The van der Waals surface area contributed by atoms with Gasteiger partial charge in [-0.2, -0.15) is 0 Å². The van der Waals surface area contributed by atoms with E-state index in [1.807, 2.05) is 85.9 Å². The molecule has 1 amide bonds. The van der Waals surface area contributed by atoms with Crippen LogP contribution >= 0.6 is 0 Å². The zero-order valence-electron chi connectivity index (χ0n) is 21.8. The Hall–Kier alpha value is -3.93. The summed E-state index contributed by atoms with van der Waals surface area (Å²) in [5.74, 6) is 0.0261. The number of nitrogens with one attached hydrogen (secondary N) is 1. The summed E-state index contributed by atoms with van der Waals surface area (Å²) in [4.78, 5) is 32.2. The largest absolute Gasteiger partial charge is 0.465 e. The quantitative estimate of drug-likeness (QED) is 0.408. The van der Waals surface area contributed by atoms with Crippen molar-refractivity contribution in [2.24, 2.45) is 5.41 Å². The first-order valence-electron chi connectivity index (χ1n) is 12.7. The van der Waals surface area contributed by atoms with Crippen molar-refractivity contribution in [3.63, 3.8) is 0 Å². The van der Waals surface area contributed by atoms with E-state index in [4.69, 9.17) is 4.98 Å². The predicted octanol–water partition coefficient (Wildman–Crippen LogP) is 6.27. The number of benzene rings is 2. The van der Waals surface area contributed by atoms with Crippen LogP contribution in [0.1, 0.15) is 54.7 Å². The van der Waals surface area contributed by atoms with Gasteiger partial charge in [-0.1, -0.05) is 68.4 Å². The fourth-order valence-electron chi connectivity index (χ4n) is 5.57. The Labute approximate surface area is 218 Å². The molecule has 1 saturated carbocycles. The number of allylic oxidation sites excluding steroid dienone is 1. The van der Waals surface area contributed by atoms with Gasteiger partial charge in [0.05, 0.1) is 16.9 Å². The highest BCUT2D eigenvalue weighted by atomic mass is 16.4. The summed E-state index contributed by atoms with van der Waals surface area (Å²) in [7, 11) is 3.87. The number of hydrogen-bond donors (Lipinski definition) is 2. The predicted molar refractivity (Wildman–Crippen MR) is 145 cm³/mol. The lowest BCUT2D eigenvalue weighted by atomic mass is 9.71. The summed E-state index contributed by atoms with van der Waals surface area (Å²) < 4.78 is 0. The third-order valence-corrected chi connectivity index (χ3v) is 7.67. The highest BCUT2D eigenvalue weighted by Gasteiger charge is 2.40. The number of hydrogen-bond acceptors (Lipinski definition) is 4. The number of carboxylic acid groups (broad SMARTS) is 1. The molecule has 2 aromatic carbocycles. The van der Waals surface area contributed by atoms with Crippen molar-refractivity contribution in [2.75, 3.05) is 14.1 Å². The SMILES string of the molecule is CN(C)/C=C1/C(=O)c2cc(-c3ccccc3)c(-c3ccc(C4(NC(=O)O)CCC4)cc3)nc2CC1(C)C. The second-order valence-corrected chi connectivity index (χ2v) is 11.1. The van der Waals surface area contributed by atoms with Crippen LogP contribution in [0.4, 0.5) is 4.79 Å². The van der Waals surface area contributed by atoms with Crippen LogP contribution in [0.5, 0.6) is 0 Å². The molecule has 5 rings (SSSR count). The van der Waals surface area contributed by atoms with E-state index in [2.05, 4.69) is 19.2 Å². The summed E-state index contributed by atoms with van der Waals surface area (Å²) in [6.45, 7) is 4.19. The van der Waals surface area contributed by atoms with Gasteiger partial charge in [-0.15, -0.1) is 0 Å². The molecular formula is C31H33N3O3. The highest BCUT2D eigenvalue weighted by Crippen LogP contribution is 2.44. The van der Waals surface area contributed by atoms with E-state index < -0.39 is 11.6 Å². The fraction of sp³-hybridized carbons (Fsp3) is 0.323. The minimum Gasteiger partial charge on any atom is -0.465 e. The first kappa shape index (κ1) is 24.8. The number of pyridine rings is 1. The number of aromatic nitrogens is 1. The number of ketones is 1. The Morgan fingerprint density at radius 3 is 2.24 bits per heavy atom. The molecule has 3 aromatic rings. The smallest absolute Gasteiger partial charge is 0.405 e. The van der Waals surface area contributed by atoms with Crippen molar-refractivity contribution in [2.45, 2.75) is 45.1 Å². The molecule has 0 aliphatic heterocycles. The first-order valence-corrected chi connectivity index (χ1v) is 12.7. The lowest BCUT2D eigenvalue weighted by Crippen LogP contribution is -2.50. The molecule has 1 aromatic heterocycles. The zero-order valence-corrected chi connectivity index (χ0v) is 21.8. The molecular weight excluding hydrogens is 462 g/mol. The molecule has 1 fully saturated rings. The first-order chi connectivity index (χ1) is 17.6. The minimum atomic E-state index is -0.999. The van der Waals surface area contributed by atoms with Crippen LogP contribution in [0.3, 0.4) is 0 Å². The molecule has 0 atom stereocenters. The Bertz CT molecular complexity index is 1390. The van der Waals surface area contributed by atoms with Crippen molar-refractivity contribution in [1.29, 1.82) is 0 Å². The molecule has 37 heavy (non-hydrogen) atoms. The topological polar surface area (TPSA) is 82.5 Å². The van der Waals surface area contributed by atoms with Crippen molar-refractivity contribution in [1.82, 2.24) is 15.2 Å². The van der Waals surface area contributed by atoms with E-state index >= 15 is 0 Å². The van der Waals surface area contributed by atoms with E-state index in [0.29, 0.717) is 12.0 Å². The van der Waals surface area contributed by atoms with E-state index in [-0.39, 0.29) is 11.2 Å². The molecule has 6 nitrogen and oxygen atoms in total. The molecule has 0 saturated heterocycles. The monoisotopic (exact) mass is 495 g/mol. The second-order valence-electron chi connectivity index (χ2n) is 11.1. The van der Waals surface area contributed by atoms with Crippen LogP contribution in [0, 0.1) is 5.41 Å². The van der Waals surface area contributed by atoms with Gasteiger partial charge < -0.3 is 15.3 Å². The van der Waals surface area contributed by atoms with E-state index in [0.717, 1.165) is 58.5 Å². The Morgan fingerprint density at radius 2 is 1.68 bits per heavy atom. The van der Waals surface area contributed by atoms with Gasteiger partial charge in [0.15, 0.2) is 5.78 Å². The normalized spacial score (nSPS) is 18.6. The van der Waals surface area contributed by atoms with Crippen molar-refractivity contribution >= 4 is 11.9 Å². The average molecular weight is 496 g/mol. The van der Waals surface area contributed by atoms with Crippen LogP contribution in [0.2, 0.25) is 0 Å². The number of amides is 1. The number of rotatable bonds is 5. The highest BCUT2D eigenvalue weighted by molar-refractivity contribution is 6.12. The molecule has 0 bridgehead atoms. The summed E-state index contributed by atoms with van der Waals surface area (Å²) in [6, 6.07) is 20.1. The molecule has 2 N–H and O–H groups in total. The maximum Gasteiger partial charge on any atom is 0.405 e. The Kier molecular flexibility index (Phi) is 6.14. The van der Waals surface area contributed by atoms with Gasteiger partial charge in [-0.25, -0.2) is 4.79 Å². The van der Waals surface area contributed by atoms with Crippen molar-refractivity contribution < 1.29 is 14.7 Å². The number of nitrogens with zero attached hydrogens (tertiary/aromatic N) is 2. The molecule has 1 heterocycles. The summed E-state index contributed by atoms with van der Waals surface area (Å²) in [5.41, 5.74) is 6.06. The average Bonchev–Trinajstić information content (AvgIpc) is 2.84. The van der Waals surface area contributed by atoms with E-state index in [1.165, 1.54) is 0 Å². The molecule has 6 heteroatoms.